The van der Waals surface area contributed by atoms with Crippen LogP contribution in [0.3, 0.4) is 0 Å². The summed E-state index contributed by atoms with van der Waals surface area (Å²) in [6, 6.07) is 12.1. The summed E-state index contributed by atoms with van der Waals surface area (Å²) in [5, 5.41) is 5.43. The molecule has 7 heteroatoms. The molecule has 1 atom stereocenters. The zero-order chi connectivity index (χ0) is 18.5. The van der Waals surface area contributed by atoms with Gasteiger partial charge >= 0.3 is 6.03 Å². The second kappa shape index (κ2) is 7.86. The number of methoxy groups -OCH3 is 1. The van der Waals surface area contributed by atoms with E-state index in [-0.39, 0.29) is 11.7 Å². The average molecular weight is 357 g/mol. The van der Waals surface area contributed by atoms with Crippen LogP contribution >= 0.6 is 0 Å². The van der Waals surface area contributed by atoms with Gasteiger partial charge in [-0.05, 0) is 48.4 Å². The molecule has 26 heavy (non-hydrogen) atoms. The van der Waals surface area contributed by atoms with Crippen LogP contribution in [0.4, 0.5) is 14.9 Å². The molecule has 0 bridgehead atoms. The Morgan fingerprint density at radius 3 is 2.77 bits per heavy atom. The lowest BCUT2D eigenvalue weighted by atomic mass is 10.2. The minimum Gasteiger partial charge on any atom is -0.497 e. The molecule has 6 nitrogen and oxygen atoms in total. The third kappa shape index (κ3) is 4.11. The number of benzene rings is 2. The van der Waals surface area contributed by atoms with Crippen LogP contribution in [0.1, 0.15) is 12.0 Å². The van der Waals surface area contributed by atoms with Gasteiger partial charge in [0.15, 0.2) is 0 Å². The molecule has 3 rings (SSSR count). The van der Waals surface area contributed by atoms with E-state index in [2.05, 4.69) is 10.6 Å². The van der Waals surface area contributed by atoms with Gasteiger partial charge in [0.1, 0.15) is 17.6 Å². The molecule has 0 radical (unpaired) electrons. The zero-order valence-corrected chi connectivity index (χ0v) is 14.4. The predicted molar refractivity (Wildman–Crippen MR) is 95.5 cm³/mol. The van der Waals surface area contributed by atoms with Crippen LogP contribution in [0.15, 0.2) is 48.5 Å². The molecule has 2 N–H and O–H groups in total. The Kier molecular flexibility index (Phi) is 5.36. The minimum absolute atomic E-state index is 0.201. The van der Waals surface area contributed by atoms with Gasteiger partial charge in [0, 0.05) is 18.8 Å². The van der Waals surface area contributed by atoms with Gasteiger partial charge in [-0.2, -0.15) is 0 Å². The van der Waals surface area contributed by atoms with Crippen LogP contribution in [0.2, 0.25) is 0 Å². The number of hydrogen-bond donors (Lipinski definition) is 2. The fraction of sp³-hybridized carbons (Fsp3) is 0.263. The van der Waals surface area contributed by atoms with E-state index in [4.69, 9.17) is 4.74 Å². The van der Waals surface area contributed by atoms with Crippen LogP contribution in [0.25, 0.3) is 0 Å². The number of amides is 3. The van der Waals surface area contributed by atoms with Gasteiger partial charge in [-0.1, -0.05) is 12.1 Å². The Labute approximate surface area is 150 Å². The molecular weight excluding hydrogens is 337 g/mol. The van der Waals surface area contributed by atoms with Crippen LogP contribution in [-0.2, 0) is 11.3 Å². The Morgan fingerprint density at radius 2 is 2.04 bits per heavy atom. The number of hydrogen-bond acceptors (Lipinski definition) is 3. The molecule has 0 spiro atoms. The summed E-state index contributed by atoms with van der Waals surface area (Å²) in [6.07, 6.45) is 0.503. The summed E-state index contributed by atoms with van der Waals surface area (Å²) in [4.78, 5) is 26.1. The number of carbonyl (C=O) groups excluding carboxylic acids is 2. The highest BCUT2D eigenvalue weighted by atomic mass is 19.1. The van der Waals surface area contributed by atoms with Crippen LogP contribution in [-0.4, -0.2) is 31.6 Å². The third-order valence-electron chi connectivity index (χ3n) is 4.24. The molecule has 2 aromatic carbocycles. The number of nitrogens with zero attached hydrogens (tertiary/aromatic N) is 1. The smallest absolute Gasteiger partial charge is 0.315 e. The van der Waals surface area contributed by atoms with E-state index in [9.17, 15) is 14.0 Å². The van der Waals surface area contributed by atoms with Crippen molar-refractivity contribution in [2.24, 2.45) is 0 Å². The van der Waals surface area contributed by atoms with E-state index in [1.165, 1.54) is 12.1 Å². The number of ether oxygens (including phenoxy) is 1. The number of rotatable bonds is 5. The summed E-state index contributed by atoms with van der Waals surface area (Å²) < 4.78 is 18.2. The number of anilines is 1. The Bertz CT molecular complexity index is 795. The van der Waals surface area contributed by atoms with E-state index in [1.807, 2.05) is 24.3 Å². The maximum atomic E-state index is 13.0. The van der Waals surface area contributed by atoms with Crippen LogP contribution in [0.5, 0.6) is 5.75 Å². The van der Waals surface area contributed by atoms with Crippen molar-refractivity contribution >= 4 is 17.6 Å². The van der Waals surface area contributed by atoms with Crippen LogP contribution in [0, 0.1) is 5.82 Å². The first-order chi connectivity index (χ1) is 12.6. The highest BCUT2D eigenvalue weighted by Crippen LogP contribution is 2.21. The van der Waals surface area contributed by atoms with Crippen molar-refractivity contribution < 1.29 is 18.7 Å². The lowest BCUT2D eigenvalue weighted by molar-refractivity contribution is -0.118. The Balaban J connectivity index is 1.53. The highest BCUT2D eigenvalue weighted by Gasteiger charge is 2.33. The van der Waals surface area contributed by atoms with Crippen molar-refractivity contribution in [3.8, 4) is 5.75 Å². The normalized spacial score (nSPS) is 16.5. The predicted octanol–water partition coefficient (Wildman–Crippen LogP) is 2.44. The SMILES string of the molecule is COc1cccc(CNC(=O)NC2CCN(c3ccc(F)cc3)C2=O)c1. The van der Waals surface area contributed by atoms with E-state index in [1.54, 1.807) is 24.1 Å². The lowest BCUT2D eigenvalue weighted by Gasteiger charge is -2.17. The van der Waals surface area contributed by atoms with E-state index in [0.717, 1.165) is 5.56 Å². The fourth-order valence-corrected chi connectivity index (χ4v) is 2.87. The van der Waals surface area contributed by atoms with Crippen molar-refractivity contribution in [3.05, 3.63) is 59.9 Å². The van der Waals surface area contributed by atoms with Crippen molar-refractivity contribution in [1.82, 2.24) is 10.6 Å². The van der Waals surface area contributed by atoms with Gasteiger partial charge < -0.3 is 20.3 Å². The monoisotopic (exact) mass is 357 g/mol. The highest BCUT2D eigenvalue weighted by molar-refractivity contribution is 6.01. The van der Waals surface area contributed by atoms with E-state index >= 15 is 0 Å². The van der Waals surface area contributed by atoms with Crippen molar-refractivity contribution in [3.63, 3.8) is 0 Å². The molecule has 136 valence electrons. The van der Waals surface area contributed by atoms with Gasteiger partial charge in [0.2, 0.25) is 5.91 Å². The first kappa shape index (κ1) is 17.7. The number of nitrogens with one attached hydrogen (secondary N) is 2. The number of halogens is 1. The van der Waals surface area contributed by atoms with Gasteiger partial charge in [0.25, 0.3) is 0 Å². The molecule has 1 aliphatic heterocycles. The Morgan fingerprint density at radius 1 is 1.27 bits per heavy atom. The van der Waals surface area contributed by atoms with Crippen LogP contribution < -0.4 is 20.3 Å². The molecule has 1 fully saturated rings. The summed E-state index contributed by atoms with van der Waals surface area (Å²) in [5.74, 6) is 0.158. The molecule has 3 amide bonds. The van der Waals surface area contributed by atoms with Gasteiger partial charge in [-0.3, -0.25) is 4.79 Å². The second-order valence-electron chi connectivity index (χ2n) is 5.99. The lowest BCUT2D eigenvalue weighted by Crippen LogP contribution is -2.45. The molecule has 0 aromatic heterocycles. The fourth-order valence-electron chi connectivity index (χ4n) is 2.87. The average Bonchev–Trinajstić information content (AvgIpc) is 3.01. The molecular formula is C19H20FN3O3. The van der Waals surface area contributed by atoms with Crippen molar-refractivity contribution in [2.45, 2.75) is 19.0 Å². The van der Waals surface area contributed by atoms with Gasteiger partial charge in [-0.25, -0.2) is 9.18 Å². The zero-order valence-electron chi connectivity index (χ0n) is 14.4. The van der Waals surface area contributed by atoms with Crippen molar-refractivity contribution in [2.75, 3.05) is 18.6 Å². The minimum atomic E-state index is -0.592. The van der Waals surface area contributed by atoms with E-state index in [0.29, 0.717) is 30.9 Å². The first-order valence-electron chi connectivity index (χ1n) is 8.31. The molecule has 1 unspecified atom stereocenters. The summed E-state index contributed by atoms with van der Waals surface area (Å²) in [5.41, 5.74) is 1.52. The topological polar surface area (TPSA) is 70.7 Å². The maximum Gasteiger partial charge on any atom is 0.315 e. The number of urea groups is 1. The first-order valence-corrected chi connectivity index (χ1v) is 8.31. The quantitative estimate of drug-likeness (QED) is 0.863. The standard InChI is InChI=1S/C19H20FN3O3/c1-26-16-4-2-3-13(11-16)12-21-19(25)22-17-9-10-23(18(17)24)15-7-5-14(20)6-8-15/h2-8,11,17H,9-10,12H2,1H3,(H2,21,22,25). The largest absolute Gasteiger partial charge is 0.497 e. The maximum absolute atomic E-state index is 13.0. The second-order valence-corrected chi connectivity index (χ2v) is 5.99. The molecule has 1 saturated heterocycles. The molecule has 0 saturated carbocycles. The summed E-state index contributed by atoms with van der Waals surface area (Å²) in [6.45, 7) is 0.802. The summed E-state index contributed by atoms with van der Waals surface area (Å²) >= 11 is 0. The molecule has 1 heterocycles. The molecule has 1 aliphatic rings. The van der Waals surface area contributed by atoms with E-state index < -0.39 is 12.1 Å². The Hall–Kier alpha value is -3.09. The number of carbonyl (C=O) groups is 2. The molecule has 0 aliphatic carbocycles. The third-order valence-corrected chi connectivity index (χ3v) is 4.24. The molecule has 2 aromatic rings. The van der Waals surface area contributed by atoms with Crippen molar-refractivity contribution in [1.29, 1.82) is 0 Å². The van der Waals surface area contributed by atoms with Gasteiger partial charge in [-0.15, -0.1) is 0 Å². The van der Waals surface area contributed by atoms with Gasteiger partial charge in [0.05, 0.1) is 7.11 Å². The summed E-state index contributed by atoms with van der Waals surface area (Å²) in [7, 11) is 1.58.